The molecule has 0 aromatic rings. The van der Waals surface area contributed by atoms with Crippen LogP contribution in [0.3, 0.4) is 0 Å². The minimum absolute atomic E-state index is 0.0590. The molecule has 0 heterocycles. The third kappa shape index (κ3) is 2.41. The van der Waals surface area contributed by atoms with Crippen LogP contribution < -0.4 is 5.32 Å². The number of carbonyl (C=O) groups excluding carboxylic acids is 1. The van der Waals surface area contributed by atoms with E-state index < -0.39 is 0 Å². The molecule has 1 N–H and O–H groups in total. The molecule has 15 heavy (non-hydrogen) atoms. The first kappa shape index (κ1) is 10.3. The van der Waals surface area contributed by atoms with Crippen molar-refractivity contribution >= 4 is 5.91 Å². The largest absolute Gasteiger partial charge is 0.491 e. The predicted molar refractivity (Wildman–Crippen MR) is 58.1 cm³/mol. The fraction of sp³-hybridized carbons (Fsp3) is 0.583. The van der Waals surface area contributed by atoms with Crippen LogP contribution in [-0.4, -0.2) is 19.1 Å². The van der Waals surface area contributed by atoms with Crippen LogP contribution in [0.5, 0.6) is 0 Å². The summed E-state index contributed by atoms with van der Waals surface area (Å²) in [4.78, 5) is 11.6. The van der Waals surface area contributed by atoms with E-state index in [2.05, 4.69) is 5.32 Å². The number of ether oxygens (including phenoxy) is 1. The first-order valence-corrected chi connectivity index (χ1v) is 5.49. The molecule has 0 spiro atoms. The topological polar surface area (TPSA) is 38.3 Å². The Morgan fingerprint density at radius 3 is 2.87 bits per heavy atom. The maximum Gasteiger partial charge on any atom is 0.227 e. The molecular formula is C12H17NO2. The van der Waals surface area contributed by atoms with Gasteiger partial charge in [-0.2, -0.15) is 0 Å². The Morgan fingerprint density at radius 2 is 2.27 bits per heavy atom. The van der Waals surface area contributed by atoms with Gasteiger partial charge in [-0.1, -0.05) is 13.0 Å². The summed E-state index contributed by atoms with van der Waals surface area (Å²) < 4.78 is 5.67. The quantitative estimate of drug-likeness (QED) is 0.763. The molecule has 3 nitrogen and oxygen atoms in total. The second kappa shape index (κ2) is 4.09. The van der Waals surface area contributed by atoms with Crippen molar-refractivity contribution in [2.24, 2.45) is 11.8 Å². The maximum absolute atomic E-state index is 11.6. The molecule has 0 aliphatic heterocycles. The van der Waals surface area contributed by atoms with Gasteiger partial charge < -0.3 is 10.1 Å². The molecule has 2 aliphatic carbocycles. The van der Waals surface area contributed by atoms with Gasteiger partial charge in [0, 0.05) is 7.05 Å². The molecule has 0 radical (unpaired) electrons. The first-order chi connectivity index (χ1) is 7.20. The van der Waals surface area contributed by atoms with Crippen molar-refractivity contribution in [2.45, 2.75) is 25.9 Å². The normalized spacial score (nSPS) is 29.6. The minimum Gasteiger partial charge on any atom is -0.491 e. The Kier molecular flexibility index (Phi) is 2.80. The SMILES string of the molecule is CNC(=O)C1C=C(OC2CC2)C=CC1C. The number of nitrogens with one attached hydrogen (secondary N) is 1. The van der Waals surface area contributed by atoms with Crippen LogP contribution >= 0.6 is 0 Å². The summed E-state index contributed by atoms with van der Waals surface area (Å²) in [5.41, 5.74) is 0. The Labute approximate surface area is 90.2 Å². The van der Waals surface area contributed by atoms with Gasteiger partial charge in [-0.3, -0.25) is 4.79 Å². The monoisotopic (exact) mass is 207 g/mol. The predicted octanol–water partition coefficient (Wildman–Crippen LogP) is 1.62. The van der Waals surface area contributed by atoms with Crippen LogP contribution in [-0.2, 0) is 9.53 Å². The highest BCUT2D eigenvalue weighted by Gasteiger charge is 2.28. The summed E-state index contributed by atoms with van der Waals surface area (Å²) in [6.45, 7) is 2.04. The van der Waals surface area contributed by atoms with E-state index in [0.717, 1.165) is 18.6 Å². The van der Waals surface area contributed by atoms with Crippen LogP contribution in [0.25, 0.3) is 0 Å². The number of hydrogen-bond acceptors (Lipinski definition) is 2. The van der Waals surface area contributed by atoms with Gasteiger partial charge in [-0.05, 0) is 30.9 Å². The molecule has 82 valence electrons. The summed E-state index contributed by atoms with van der Waals surface area (Å²) in [5.74, 6) is 1.07. The van der Waals surface area contributed by atoms with E-state index in [4.69, 9.17) is 4.74 Å². The van der Waals surface area contributed by atoms with Gasteiger partial charge in [0.05, 0.1) is 12.0 Å². The van der Waals surface area contributed by atoms with E-state index in [9.17, 15) is 4.79 Å². The van der Waals surface area contributed by atoms with Crippen LogP contribution in [0.4, 0.5) is 0 Å². The van der Waals surface area contributed by atoms with E-state index in [0.29, 0.717) is 6.10 Å². The lowest BCUT2D eigenvalue weighted by molar-refractivity contribution is -0.124. The van der Waals surface area contributed by atoms with Crippen molar-refractivity contribution in [2.75, 3.05) is 7.05 Å². The zero-order valence-corrected chi connectivity index (χ0v) is 9.19. The van der Waals surface area contributed by atoms with Crippen molar-refractivity contribution in [3.63, 3.8) is 0 Å². The molecule has 2 unspecified atom stereocenters. The van der Waals surface area contributed by atoms with Gasteiger partial charge in [-0.15, -0.1) is 0 Å². The van der Waals surface area contributed by atoms with Gasteiger partial charge in [-0.25, -0.2) is 0 Å². The Bertz CT molecular complexity index is 316. The lowest BCUT2D eigenvalue weighted by Crippen LogP contribution is -2.31. The number of rotatable bonds is 3. The summed E-state index contributed by atoms with van der Waals surface area (Å²) in [7, 11) is 1.67. The zero-order chi connectivity index (χ0) is 10.8. The molecule has 0 aromatic heterocycles. The third-order valence-electron chi connectivity index (χ3n) is 2.85. The highest BCUT2D eigenvalue weighted by molar-refractivity contribution is 5.81. The molecule has 2 atom stereocenters. The summed E-state index contributed by atoms with van der Waals surface area (Å²) in [6.07, 6.45) is 8.62. The molecule has 1 amide bonds. The van der Waals surface area contributed by atoms with Crippen molar-refractivity contribution < 1.29 is 9.53 Å². The molecule has 0 saturated heterocycles. The molecule has 3 heteroatoms. The molecule has 2 rings (SSSR count). The number of carbonyl (C=O) groups is 1. The third-order valence-corrected chi connectivity index (χ3v) is 2.85. The Morgan fingerprint density at radius 1 is 1.53 bits per heavy atom. The van der Waals surface area contributed by atoms with Crippen LogP contribution in [0.1, 0.15) is 19.8 Å². The molecule has 2 aliphatic rings. The van der Waals surface area contributed by atoms with Crippen LogP contribution in [0.15, 0.2) is 24.0 Å². The lowest BCUT2D eigenvalue weighted by Gasteiger charge is -2.21. The maximum atomic E-state index is 11.6. The van der Waals surface area contributed by atoms with E-state index in [-0.39, 0.29) is 17.7 Å². The van der Waals surface area contributed by atoms with E-state index in [1.54, 1.807) is 7.05 Å². The second-order valence-electron chi connectivity index (χ2n) is 4.24. The number of allylic oxidation sites excluding steroid dienone is 2. The van der Waals surface area contributed by atoms with Gasteiger partial charge in [0.25, 0.3) is 0 Å². The second-order valence-corrected chi connectivity index (χ2v) is 4.24. The minimum atomic E-state index is -0.0891. The molecular weight excluding hydrogens is 190 g/mol. The number of amides is 1. The number of hydrogen-bond donors (Lipinski definition) is 1. The van der Waals surface area contributed by atoms with Crippen molar-refractivity contribution in [3.8, 4) is 0 Å². The van der Waals surface area contributed by atoms with Gasteiger partial charge >= 0.3 is 0 Å². The Balaban J connectivity index is 2.05. The van der Waals surface area contributed by atoms with Crippen molar-refractivity contribution in [3.05, 3.63) is 24.0 Å². The van der Waals surface area contributed by atoms with Crippen molar-refractivity contribution in [1.29, 1.82) is 0 Å². The highest BCUT2D eigenvalue weighted by Crippen LogP contribution is 2.30. The van der Waals surface area contributed by atoms with Gasteiger partial charge in [0.2, 0.25) is 5.91 Å². The molecule has 1 fully saturated rings. The molecule has 0 aromatic carbocycles. The van der Waals surface area contributed by atoms with E-state index in [1.165, 1.54) is 0 Å². The lowest BCUT2D eigenvalue weighted by atomic mass is 9.89. The average molecular weight is 207 g/mol. The average Bonchev–Trinajstić information content (AvgIpc) is 3.04. The zero-order valence-electron chi connectivity index (χ0n) is 9.19. The summed E-state index contributed by atoms with van der Waals surface area (Å²) in [6, 6.07) is 0. The fourth-order valence-electron chi connectivity index (χ4n) is 1.69. The first-order valence-electron chi connectivity index (χ1n) is 5.49. The molecule has 1 saturated carbocycles. The van der Waals surface area contributed by atoms with Gasteiger partial charge in [0.1, 0.15) is 5.76 Å². The smallest absolute Gasteiger partial charge is 0.227 e. The van der Waals surface area contributed by atoms with Gasteiger partial charge in [0.15, 0.2) is 0 Å². The standard InChI is InChI=1S/C12H17NO2/c1-8-3-4-10(15-9-5-6-9)7-11(8)12(14)13-2/h3-4,7-9,11H,5-6H2,1-2H3,(H,13,14). The van der Waals surface area contributed by atoms with Crippen LogP contribution in [0, 0.1) is 11.8 Å². The van der Waals surface area contributed by atoms with Crippen molar-refractivity contribution in [1.82, 2.24) is 5.32 Å². The van der Waals surface area contributed by atoms with E-state index in [1.807, 2.05) is 25.2 Å². The molecule has 0 bridgehead atoms. The Hall–Kier alpha value is -1.25. The van der Waals surface area contributed by atoms with Crippen LogP contribution in [0.2, 0.25) is 0 Å². The van der Waals surface area contributed by atoms with E-state index >= 15 is 0 Å². The summed E-state index contributed by atoms with van der Waals surface area (Å²) in [5, 5.41) is 2.68. The highest BCUT2D eigenvalue weighted by atomic mass is 16.5. The summed E-state index contributed by atoms with van der Waals surface area (Å²) >= 11 is 0. The fourth-order valence-corrected chi connectivity index (χ4v) is 1.69.